The van der Waals surface area contributed by atoms with Gasteiger partial charge in [0.15, 0.2) is 5.65 Å². The number of aromatic nitrogens is 3. The van der Waals surface area contributed by atoms with Crippen LogP contribution in [0.3, 0.4) is 0 Å². The van der Waals surface area contributed by atoms with Crippen molar-refractivity contribution in [3.8, 4) is 11.1 Å². The number of pyridine rings is 1. The van der Waals surface area contributed by atoms with Gasteiger partial charge in [-0.15, -0.1) is 0 Å². The van der Waals surface area contributed by atoms with E-state index in [0.717, 1.165) is 32.5 Å². The van der Waals surface area contributed by atoms with Crippen molar-refractivity contribution in [3.63, 3.8) is 0 Å². The van der Waals surface area contributed by atoms with Crippen LogP contribution in [0.25, 0.3) is 33.8 Å². The maximum Gasteiger partial charge on any atom is 0.332 e. The van der Waals surface area contributed by atoms with Crippen LogP contribution >= 0.6 is 23.2 Å². The molecule has 2 aromatic heterocycles. The lowest BCUT2D eigenvalue weighted by molar-refractivity contribution is 0.283. The second kappa shape index (κ2) is 10.5. The molecular weight excluding hydrogens is 543 g/mol. The molecule has 0 aliphatic carbocycles. The Labute approximate surface area is 241 Å². The Morgan fingerprint density at radius 1 is 0.825 bits per heavy atom. The van der Waals surface area contributed by atoms with E-state index in [0.29, 0.717) is 46.3 Å². The van der Waals surface area contributed by atoms with E-state index in [9.17, 15) is 9.59 Å². The summed E-state index contributed by atoms with van der Waals surface area (Å²) in [5.41, 5.74) is 5.50. The number of hydrogen-bond donors (Lipinski definition) is 0. The Morgan fingerprint density at radius 2 is 1.50 bits per heavy atom. The van der Waals surface area contributed by atoms with Crippen molar-refractivity contribution in [1.82, 2.24) is 19.0 Å². The summed E-state index contributed by atoms with van der Waals surface area (Å²) in [4.78, 5) is 34.0. The predicted octanol–water partition coefficient (Wildman–Crippen LogP) is 6.16. The minimum atomic E-state index is -0.437. The highest BCUT2D eigenvalue weighted by Crippen LogP contribution is 2.41. The topological polar surface area (TPSA) is 60.1 Å². The first-order valence-electron chi connectivity index (χ1n) is 12.9. The second-order valence-corrected chi connectivity index (χ2v) is 10.8. The number of nitrogens with zero attached hydrogens (tertiary/aromatic N) is 4. The van der Waals surface area contributed by atoms with Gasteiger partial charge in [0, 0.05) is 60.5 Å². The van der Waals surface area contributed by atoms with Gasteiger partial charge >= 0.3 is 5.69 Å². The monoisotopic (exact) mass is 568 g/mol. The smallest absolute Gasteiger partial charge is 0.290 e. The minimum absolute atomic E-state index is 0.323. The molecule has 6 nitrogen and oxygen atoms in total. The molecule has 0 radical (unpaired) electrons. The third-order valence-electron chi connectivity index (χ3n) is 7.40. The van der Waals surface area contributed by atoms with Crippen LogP contribution < -0.4 is 11.2 Å². The van der Waals surface area contributed by atoms with Gasteiger partial charge < -0.3 is 0 Å². The molecular formula is C32H26Cl2N4O2. The molecule has 0 spiro atoms. The molecule has 8 heteroatoms. The highest BCUT2D eigenvalue weighted by atomic mass is 35.5. The molecule has 0 unspecified atom stereocenters. The molecule has 0 atom stereocenters. The molecule has 6 rings (SSSR count). The van der Waals surface area contributed by atoms with E-state index in [4.69, 9.17) is 28.2 Å². The normalized spacial score (nSPS) is 14.6. The Balaban J connectivity index is 1.71. The van der Waals surface area contributed by atoms with Crippen molar-refractivity contribution >= 4 is 45.9 Å². The highest BCUT2D eigenvalue weighted by Gasteiger charge is 2.30. The van der Waals surface area contributed by atoms with Gasteiger partial charge in [-0.25, -0.2) is 9.78 Å². The molecule has 0 N–H and O–H groups in total. The zero-order valence-corrected chi connectivity index (χ0v) is 23.6. The summed E-state index contributed by atoms with van der Waals surface area (Å²) in [6.07, 6.45) is 2.05. The lowest BCUT2D eigenvalue weighted by Gasteiger charge is -2.32. The number of aryl methyl sites for hydroxylation is 1. The van der Waals surface area contributed by atoms with Crippen LogP contribution in [0.2, 0.25) is 10.0 Å². The average Bonchev–Trinajstić information content (AvgIpc) is 2.96. The standard InChI is InChI=1S/C32H26Cl2N4O2/c1-36-30-28(31(39)37(2)32(36)40)27(23-13-7-9-15-26(23)34)24-19-38(17-20-10-4-3-5-11-20)18-22(29(24)35-30)16-21-12-6-8-14-25(21)33/h3-16H,17-19H2,1-2H3/b22-16+. The van der Waals surface area contributed by atoms with Gasteiger partial charge in [0.2, 0.25) is 0 Å². The molecule has 1 aliphatic rings. The molecule has 0 fully saturated rings. The lowest BCUT2D eigenvalue weighted by atomic mass is 9.89. The van der Waals surface area contributed by atoms with Crippen molar-refractivity contribution in [1.29, 1.82) is 0 Å². The first kappa shape index (κ1) is 26.3. The molecule has 0 saturated carbocycles. The van der Waals surface area contributed by atoms with Crippen LogP contribution in [0.4, 0.5) is 0 Å². The molecule has 0 amide bonds. The number of hydrogen-bond acceptors (Lipinski definition) is 4. The second-order valence-electron chi connectivity index (χ2n) is 10.0. The van der Waals surface area contributed by atoms with Crippen molar-refractivity contribution in [2.24, 2.45) is 14.1 Å². The van der Waals surface area contributed by atoms with Gasteiger partial charge in [0.05, 0.1) is 11.1 Å². The van der Waals surface area contributed by atoms with Gasteiger partial charge in [-0.3, -0.25) is 18.8 Å². The van der Waals surface area contributed by atoms with E-state index in [1.54, 1.807) is 7.05 Å². The summed E-state index contributed by atoms with van der Waals surface area (Å²) < 4.78 is 2.56. The summed E-state index contributed by atoms with van der Waals surface area (Å²) in [7, 11) is 3.13. The molecule has 3 heterocycles. The Kier molecular flexibility index (Phi) is 6.92. The fourth-order valence-electron chi connectivity index (χ4n) is 5.45. The molecule has 200 valence electrons. The Hall–Kier alpha value is -3.97. The fraction of sp³-hybridized carbons (Fsp3) is 0.156. The van der Waals surface area contributed by atoms with Crippen LogP contribution in [0.1, 0.15) is 22.4 Å². The summed E-state index contributed by atoms with van der Waals surface area (Å²) in [5.74, 6) is 0. The highest BCUT2D eigenvalue weighted by molar-refractivity contribution is 6.34. The lowest BCUT2D eigenvalue weighted by Crippen LogP contribution is -2.38. The van der Waals surface area contributed by atoms with Gasteiger partial charge in [0.1, 0.15) is 0 Å². The van der Waals surface area contributed by atoms with E-state index in [1.165, 1.54) is 17.2 Å². The van der Waals surface area contributed by atoms with Crippen LogP contribution in [0.15, 0.2) is 88.5 Å². The average molecular weight is 569 g/mol. The molecule has 40 heavy (non-hydrogen) atoms. The first-order chi connectivity index (χ1) is 19.3. The largest absolute Gasteiger partial charge is 0.332 e. The predicted molar refractivity (Wildman–Crippen MR) is 163 cm³/mol. The summed E-state index contributed by atoms with van der Waals surface area (Å²) in [6.45, 7) is 1.84. The number of benzene rings is 3. The van der Waals surface area contributed by atoms with Crippen molar-refractivity contribution in [3.05, 3.63) is 132 Å². The minimum Gasteiger partial charge on any atom is -0.290 e. The van der Waals surface area contributed by atoms with Crippen molar-refractivity contribution < 1.29 is 0 Å². The number of rotatable bonds is 4. The maximum atomic E-state index is 13.7. The summed E-state index contributed by atoms with van der Waals surface area (Å²) >= 11 is 13.4. The number of halogens is 2. The molecule has 0 saturated heterocycles. The molecule has 0 bridgehead atoms. The van der Waals surface area contributed by atoms with E-state index < -0.39 is 11.2 Å². The molecule has 5 aromatic rings. The van der Waals surface area contributed by atoms with Gasteiger partial charge in [0.25, 0.3) is 5.56 Å². The summed E-state index contributed by atoms with van der Waals surface area (Å²) in [5, 5.41) is 1.52. The van der Waals surface area contributed by atoms with Crippen LogP contribution in [-0.2, 0) is 27.2 Å². The fourth-order valence-corrected chi connectivity index (χ4v) is 5.87. The Bertz CT molecular complexity index is 1930. The maximum absolute atomic E-state index is 13.7. The zero-order valence-electron chi connectivity index (χ0n) is 22.1. The number of fused-ring (bicyclic) bond motifs is 2. The molecule has 3 aromatic carbocycles. The molecule has 1 aliphatic heterocycles. The summed E-state index contributed by atoms with van der Waals surface area (Å²) in [6, 6.07) is 25.4. The van der Waals surface area contributed by atoms with Gasteiger partial charge in [-0.2, -0.15) is 0 Å². The van der Waals surface area contributed by atoms with E-state index >= 15 is 0 Å². The quantitative estimate of drug-likeness (QED) is 0.260. The third-order valence-corrected chi connectivity index (χ3v) is 8.07. The SMILES string of the molecule is Cn1c(=O)c2c(-c3ccccc3Cl)c3c(nc2n(C)c1=O)/C(=C/c1ccccc1Cl)CN(Cc1ccccc1)C3. The van der Waals surface area contributed by atoms with Crippen LogP contribution in [0.5, 0.6) is 0 Å². The van der Waals surface area contributed by atoms with Crippen LogP contribution in [0, 0.1) is 0 Å². The van der Waals surface area contributed by atoms with E-state index in [1.807, 2.05) is 72.8 Å². The van der Waals surface area contributed by atoms with E-state index in [2.05, 4.69) is 17.0 Å². The first-order valence-corrected chi connectivity index (χ1v) is 13.7. The van der Waals surface area contributed by atoms with Crippen LogP contribution in [-0.4, -0.2) is 25.6 Å². The zero-order chi connectivity index (χ0) is 28.0. The van der Waals surface area contributed by atoms with E-state index in [-0.39, 0.29) is 0 Å². The van der Waals surface area contributed by atoms with Crippen molar-refractivity contribution in [2.45, 2.75) is 13.1 Å². The van der Waals surface area contributed by atoms with Gasteiger partial charge in [-0.1, -0.05) is 89.9 Å². The third kappa shape index (κ3) is 4.58. The van der Waals surface area contributed by atoms with Crippen molar-refractivity contribution in [2.75, 3.05) is 6.54 Å². The Morgan fingerprint density at radius 3 is 2.23 bits per heavy atom. The van der Waals surface area contributed by atoms with Gasteiger partial charge in [-0.05, 0) is 34.9 Å².